The Morgan fingerprint density at radius 2 is 2.00 bits per heavy atom. The van der Waals surface area contributed by atoms with E-state index in [1.54, 1.807) is 24.3 Å². The Morgan fingerprint density at radius 1 is 1.17 bits per heavy atom. The van der Waals surface area contributed by atoms with Gasteiger partial charge >= 0.3 is 12.0 Å². The van der Waals surface area contributed by atoms with Crippen LogP contribution in [0.4, 0.5) is 32.3 Å². The van der Waals surface area contributed by atoms with E-state index in [1.165, 1.54) is 23.3 Å². The molecule has 2 aliphatic heterocycles. The molecule has 2 fully saturated rings. The van der Waals surface area contributed by atoms with Crippen molar-refractivity contribution >= 4 is 29.2 Å². The van der Waals surface area contributed by atoms with Gasteiger partial charge in [-0.2, -0.15) is 0 Å². The maximum atomic E-state index is 15.0. The van der Waals surface area contributed by atoms with E-state index < -0.39 is 22.9 Å². The van der Waals surface area contributed by atoms with Gasteiger partial charge in [0.2, 0.25) is 0 Å². The van der Waals surface area contributed by atoms with Crippen molar-refractivity contribution in [3.8, 4) is 0 Å². The lowest BCUT2D eigenvalue weighted by molar-refractivity contribution is -0.402. The summed E-state index contributed by atoms with van der Waals surface area (Å²) in [6.45, 7) is 3.55. The van der Waals surface area contributed by atoms with Crippen LogP contribution in [0.25, 0.3) is 0 Å². The predicted octanol–water partition coefficient (Wildman–Crippen LogP) is 3.07. The summed E-state index contributed by atoms with van der Waals surface area (Å²) in [5, 5.41) is 17.5. The molecule has 13 heteroatoms. The zero-order valence-electron chi connectivity index (χ0n) is 18.6. The molecule has 5 rings (SSSR count). The molecule has 4 heterocycles. The smallest absolute Gasteiger partial charge is 0.433 e. The number of piperazine rings is 1. The highest BCUT2D eigenvalue weighted by atomic mass is 19.1. The third kappa shape index (κ3) is 5.04. The average molecular weight is 486 g/mol. The summed E-state index contributed by atoms with van der Waals surface area (Å²) in [7, 11) is 0. The molecule has 184 valence electrons. The summed E-state index contributed by atoms with van der Waals surface area (Å²) in [6.07, 6.45) is 0.494. The first kappa shape index (κ1) is 22.7. The van der Waals surface area contributed by atoms with Crippen molar-refractivity contribution in [2.75, 3.05) is 54.4 Å². The molecule has 35 heavy (non-hydrogen) atoms. The van der Waals surface area contributed by atoms with Gasteiger partial charge < -0.3 is 23.9 Å². The van der Waals surface area contributed by atoms with Crippen LogP contribution in [0, 0.1) is 15.9 Å². The van der Waals surface area contributed by atoms with Gasteiger partial charge in [0.1, 0.15) is 28.9 Å². The van der Waals surface area contributed by atoms with Gasteiger partial charge in [0, 0.05) is 32.2 Å². The normalized spacial score (nSPS) is 18.7. The topological polar surface area (TPSA) is 130 Å². The number of carbonyl (C=O) groups is 1. The predicted molar refractivity (Wildman–Crippen MR) is 122 cm³/mol. The first-order valence-corrected chi connectivity index (χ1v) is 11.1. The Bertz CT molecular complexity index is 1190. The standard InChI is InChI=1S/C22H23FN6O6/c23-18-11-15(28-14-17(35-22(28)30)12-24-20-5-10-33-25-20)1-3-19(18)27-8-6-26(7-9-27)13-16-2-4-21(34-16)29(31)32/h1-5,10-11,17H,6-9,12-14H2,(H,24,25)/t17-/m0/s1. The molecule has 2 aliphatic rings. The summed E-state index contributed by atoms with van der Waals surface area (Å²) in [5.41, 5.74) is 0.886. The second-order valence-electron chi connectivity index (χ2n) is 8.28. The summed E-state index contributed by atoms with van der Waals surface area (Å²) < 4.78 is 30.4. The number of nitro groups is 1. The molecule has 12 nitrogen and oxygen atoms in total. The largest absolute Gasteiger partial charge is 0.442 e. The fraction of sp³-hybridized carbons (Fsp3) is 0.364. The molecule has 1 aromatic carbocycles. The molecule has 1 amide bonds. The van der Waals surface area contributed by atoms with E-state index in [-0.39, 0.29) is 12.4 Å². The van der Waals surface area contributed by atoms with E-state index in [9.17, 15) is 14.9 Å². The quantitative estimate of drug-likeness (QED) is 0.374. The Morgan fingerprint density at radius 3 is 2.69 bits per heavy atom. The second-order valence-corrected chi connectivity index (χ2v) is 8.28. The highest BCUT2D eigenvalue weighted by Crippen LogP contribution is 2.29. The number of nitrogens with zero attached hydrogens (tertiary/aromatic N) is 5. The number of ether oxygens (including phenoxy) is 1. The van der Waals surface area contributed by atoms with Crippen molar-refractivity contribution in [1.29, 1.82) is 0 Å². The minimum absolute atomic E-state index is 0.278. The number of nitrogens with one attached hydrogen (secondary N) is 1. The lowest BCUT2D eigenvalue weighted by Crippen LogP contribution is -2.46. The number of benzene rings is 1. The number of rotatable bonds is 8. The van der Waals surface area contributed by atoms with Crippen molar-refractivity contribution in [3.63, 3.8) is 0 Å². The van der Waals surface area contributed by atoms with Gasteiger partial charge in [0.05, 0.1) is 37.1 Å². The molecule has 0 radical (unpaired) electrons. The minimum Gasteiger partial charge on any atom is -0.442 e. The first-order chi connectivity index (χ1) is 17.0. The van der Waals surface area contributed by atoms with E-state index in [0.717, 1.165) is 0 Å². The molecule has 0 bridgehead atoms. The average Bonchev–Trinajstić information content (AvgIpc) is 3.60. The fourth-order valence-electron chi connectivity index (χ4n) is 4.20. The number of hydrogen-bond donors (Lipinski definition) is 1. The highest BCUT2D eigenvalue weighted by molar-refractivity contribution is 5.90. The highest BCUT2D eigenvalue weighted by Gasteiger charge is 2.33. The van der Waals surface area contributed by atoms with Crippen LogP contribution >= 0.6 is 0 Å². The van der Waals surface area contributed by atoms with E-state index >= 15 is 4.39 Å². The van der Waals surface area contributed by atoms with Crippen LogP contribution in [0.1, 0.15) is 5.76 Å². The number of anilines is 3. The van der Waals surface area contributed by atoms with E-state index in [1.807, 2.05) is 4.90 Å². The monoisotopic (exact) mass is 486 g/mol. The van der Waals surface area contributed by atoms with Crippen LogP contribution in [0.3, 0.4) is 0 Å². The van der Waals surface area contributed by atoms with Crippen LogP contribution in [-0.4, -0.2) is 66.4 Å². The molecule has 0 saturated carbocycles. The van der Waals surface area contributed by atoms with Gasteiger partial charge in [-0.1, -0.05) is 5.16 Å². The maximum Gasteiger partial charge on any atom is 0.433 e. The first-order valence-electron chi connectivity index (χ1n) is 11.1. The van der Waals surface area contributed by atoms with Gasteiger partial charge in [-0.15, -0.1) is 0 Å². The molecule has 2 saturated heterocycles. The van der Waals surface area contributed by atoms with E-state index in [0.29, 0.717) is 62.2 Å². The van der Waals surface area contributed by atoms with Crippen LogP contribution in [0.15, 0.2) is 51.6 Å². The summed E-state index contributed by atoms with van der Waals surface area (Å²) in [6, 6.07) is 9.32. The zero-order valence-corrected chi connectivity index (χ0v) is 18.6. The number of furan rings is 1. The Labute approximate surface area is 199 Å². The van der Waals surface area contributed by atoms with Crippen molar-refractivity contribution in [3.05, 3.63) is 64.4 Å². The molecule has 3 aromatic rings. The summed E-state index contributed by atoms with van der Waals surface area (Å²) in [4.78, 5) is 28.0. The minimum atomic E-state index is -0.564. The number of amides is 1. The van der Waals surface area contributed by atoms with Crippen LogP contribution in [-0.2, 0) is 11.3 Å². The van der Waals surface area contributed by atoms with Crippen molar-refractivity contribution in [2.24, 2.45) is 0 Å². The SMILES string of the molecule is O=C1O[C@@H](CNc2ccon2)CN1c1ccc(N2CCN(Cc3ccc([N+](=O)[O-])o3)CC2)c(F)c1. The molecular weight excluding hydrogens is 463 g/mol. The molecule has 0 unspecified atom stereocenters. The molecule has 0 aliphatic carbocycles. The molecule has 1 N–H and O–H groups in total. The van der Waals surface area contributed by atoms with Crippen LogP contribution in [0.2, 0.25) is 0 Å². The summed E-state index contributed by atoms with van der Waals surface area (Å²) in [5.74, 6) is 0.364. The van der Waals surface area contributed by atoms with Crippen molar-refractivity contribution in [2.45, 2.75) is 12.6 Å². The Balaban J connectivity index is 1.16. The van der Waals surface area contributed by atoms with Gasteiger partial charge in [0.25, 0.3) is 0 Å². The molecule has 0 spiro atoms. The number of hydrogen-bond acceptors (Lipinski definition) is 10. The number of carbonyl (C=O) groups excluding carboxylic acids is 1. The third-order valence-corrected chi connectivity index (χ3v) is 5.99. The Kier molecular flexibility index (Phi) is 6.23. The number of cyclic esters (lactones) is 1. The molecule has 1 atom stereocenters. The number of aromatic nitrogens is 1. The van der Waals surface area contributed by atoms with Crippen LogP contribution in [0.5, 0.6) is 0 Å². The lowest BCUT2D eigenvalue weighted by atomic mass is 10.2. The van der Waals surface area contributed by atoms with Crippen molar-refractivity contribution < 1.29 is 27.8 Å². The maximum absolute atomic E-state index is 15.0. The zero-order chi connectivity index (χ0) is 24.4. The van der Waals surface area contributed by atoms with Gasteiger partial charge in [-0.3, -0.25) is 19.9 Å². The van der Waals surface area contributed by atoms with Gasteiger partial charge in [-0.25, -0.2) is 9.18 Å². The molecular formula is C22H23FN6O6. The summed E-state index contributed by atoms with van der Waals surface area (Å²) >= 11 is 0. The lowest BCUT2D eigenvalue weighted by Gasteiger charge is -2.36. The van der Waals surface area contributed by atoms with Gasteiger partial charge in [0.15, 0.2) is 5.82 Å². The molecule has 2 aromatic heterocycles. The second kappa shape index (κ2) is 9.62. The Hall–Kier alpha value is -4.13. The van der Waals surface area contributed by atoms with Gasteiger partial charge in [-0.05, 0) is 24.3 Å². The third-order valence-electron chi connectivity index (χ3n) is 5.99. The van der Waals surface area contributed by atoms with E-state index in [4.69, 9.17) is 13.7 Å². The fourth-order valence-corrected chi connectivity index (χ4v) is 4.20. The van der Waals surface area contributed by atoms with E-state index in [2.05, 4.69) is 15.4 Å². The van der Waals surface area contributed by atoms with Crippen LogP contribution < -0.4 is 15.1 Å². The number of halogens is 1. The van der Waals surface area contributed by atoms with Crippen molar-refractivity contribution in [1.82, 2.24) is 10.1 Å².